The van der Waals surface area contributed by atoms with E-state index in [9.17, 15) is 65.3 Å². The summed E-state index contributed by atoms with van der Waals surface area (Å²) < 4.78 is 69.9. The number of piperazine rings is 2. The van der Waals surface area contributed by atoms with Gasteiger partial charge in [-0.05, 0) is 84.9 Å². The van der Waals surface area contributed by atoms with Crippen LogP contribution in [0.5, 0.6) is 0 Å². The van der Waals surface area contributed by atoms with Crippen molar-refractivity contribution < 1.29 is 59.5 Å². The molecule has 4 aliphatic heterocycles. The third kappa shape index (κ3) is 13.5. The molecular weight excluding hydrogens is 1090 g/mol. The zero-order valence-corrected chi connectivity index (χ0v) is 47.0. The van der Waals surface area contributed by atoms with Crippen molar-refractivity contribution in [3.8, 4) is 0 Å². The first kappa shape index (κ1) is 59.2. The standard InChI is InChI=1S/C53H64N12O14S2/c1-52(2)40-34-38(48(68)58-28-24-56(25-29-58)46(66)36-60-22-18-54-50(60)64(70)71)14-16-42(40)62(20-8-10-32-80(74,75)76)44(52)12-6-5-7-13-45-53(3,4)41-35-39(15-17-43(41)63(45)21-9-11-33-81(77,78)79)49(69)59-30-26-57(27-31-59)47(67)37-61-23-19-55-51(61)65(72)73/h5-7,12-19,22-23,34-35H,8-11,20-21,24-33,36-37H2,1-4H3,(H-,74,75,76,77,78,79)/p+1. The van der Waals surface area contributed by atoms with Crippen molar-refractivity contribution in [1.82, 2.24) is 38.7 Å². The normalized spacial score (nSPS) is 17.7. The molecule has 81 heavy (non-hydrogen) atoms. The van der Waals surface area contributed by atoms with E-state index in [-0.39, 0.29) is 102 Å². The summed E-state index contributed by atoms with van der Waals surface area (Å²) in [6.45, 7) is 10.3. The van der Waals surface area contributed by atoms with Crippen LogP contribution in [0.25, 0.3) is 0 Å². The molecule has 432 valence electrons. The summed E-state index contributed by atoms with van der Waals surface area (Å²) >= 11 is 0. The molecule has 0 spiro atoms. The van der Waals surface area contributed by atoms with E-state index in [2.05, 4.69) is 19.4 Å². The lowest BCUT2D eigenvalue weighted by Gasteiger charge is -2.34. The topological polar surface area (TPSA) is 318 Å². The monoisotopic (exact) mass is 1160 g/mol. The van der Waals surface area contributed by atoms with E-state index in [1.807, 2.05) is 82.3 Å². The van der Waals surface area contributed by atoms with Gasteiger partial charge in [0.15, 0.2) is 18.8 Å². The van der Waals surface area contributed by atoms with Gasteiger partial charge in [-0.15, -0.1) is 0 Å². The first-order valence-electron chi connectivity index (χ1n) is 26.4. The van der Waals surface area contributed by atoms with E-state index in [4.69, 9.17) is 0 Å². The summed E-state index contributed by atoms with van der Waals surface area (Å²) in [7, 11) is -8.38. The maximum Gasteiger partial charge on any atom is 0.435 e. The number of hydrogen-bond donors (Lipinski definition) is 2. The van der Waals surface area contributed by atoms with Crippen LogP contribution >= 0.6 is 0 Å². The van der Waals surface area contributed by atoms with Crippen LogP contribution in [0.2, 0.25) is 0 Å². The minimum atomic E-state index is -4.19. The highest BCUT2D eigenvalue weighted by Crippen LogP contribution is 2.48. The number of nitrogens with zero attached hydrogens (tertiary/aromatic N) is 12. The molecule has 4 aromatic rings. The molecule has 2 aromatic heterocycles. The Balaban J connectivity index is 0.982. The quantitative estimate of drug-likeness (QED) is 0.0292. The van der Waals surface area contributed by atoms with Crippen molar-refractivity contribution >= 4 is 72.8 Å². The number of allylic oxidation sites excluding steroid dienone is 6. The largest absolute Gasteiger partial charge is 0.435 e. The van der Waals surface area contributed by atoms with Crippen molar-refractivity contribution in [2.24, 2.45) is 0 Å². The van der Waals surface area contributed by atoms with Crippen LogP contribution in [-0.2, 0) is 53.7 Å². The number of fused-ring (bicyclic) bond motifs is 2. The number of anilines is 1. The minimum absolute atomic E-state index is 0.199. The Morgan fingerprint density at radius 2 is 1.12 bits per heavy atom. The van der Waals surface area contributed by atoms with Gasteiger partial charge < -0.3 is 44.7 Å². The average Bonchev–Trinajstić information content (AvgIpc) is 4.29. The van der Waals surface area contributed by atoms with Crippen LogP contribution in [0.1, 0.15) is 85.2 Å². The SMILES string of the molecule is CC1(C)C(=CC=CC=CC2=[N+](CCCCS(=O)(=O)O)c3ccc(C(=O)N4CCN(C(=O)Cn5ccnc5[N+](=O)[O-])CC4)cc3C2(C)C)N(CCCCS(=O)(=O)O)c2ccc(C(=O)N3CCN(C(=O)Cn4ccnc4[N+](=O)[O-])CC3)cc21. The fourth-order valence-electron chi connectivity index (χ4n) is 10.9. The second-order valence-corrected chi connectivity index (χ2v) is 24.4. The van der Waals surface area contributed by atoms with Gasteiger partial charge in [-0.25, -0.2) is 9.13 Å². The molecule has 0 bridgehead atoms. The maximum atomic E-state index is 14.1. The van der Waals surface area contributed by atoms with Crippen molar-refractivity contribution in [2.45, 2.75) is 77.3 Å². The lowest BCUT2D eigenvalue weighted by molar-refractivity contribution is -0.438. The molecule has 4 amide bonds. The predicted molar refractivity (Wildman–Crippen MR) is 296 cm³/mol. The molecule has 8 rings (SSSR count). The lowest BCUT2D eigenvalue weighted by Crippen LogP contribution is -2.51. The molecular formula is C53H65N12O14S2+. The van der Waals surface area contributed by atoms with E-state index in [1.165, 1.54) is 33.9 Å². The molecule has 6 heterocycles. The Morgan fingerprint density at radius 3 is 1.63 bits per heavy atom. The highest BCUT2D eigenvalue weighted by Gasteiger charge is 2.45. The number of unbranched alkanes of at least 4 members (excludes halogenated alkanes) is 2. The number of rotatable bonds is 21. The van der Waals surface area contributed by atoms with Crippen LogP contribution in [0, 0.1) is 20.2 Å². The number of hydrogen-bond acceptors (Lipinski definition) is 15. The van der Waals surface area contributed by atoms with Crippen molar-refractivity contribution in [2.75, 3.05) is 81.9 Å². The Bertz CT molecular complexity index is 3490. The summed E-state index contributed by atoms with van der Waals surface area (Å²) in [5.41, 5.74) is 4.60. The Kier molecular flexibility index (Phi) is 17.6. The van der Waals surface area contributed by atoms with Crippen molar-refractivity contribution in [3.63, 3.8) is 0 Å². The highest BCUT2D eigenvalue weighted by atomic mass is 32.2. The molecule has 0 atom stereocenters. The van der Waals surface area contributed by atoms with Gasteiger partial charge in [0, 0.05) is 111 Å². The number of imidazole rings is 2. The molecule has 0 aliphatic carbocycles. The number of benzene rings is 2. The molecule has 2 N–H and O–H groups in total. The summed E-state index contributed by atoms with van der Waals surface area (Å²) in [5, 5.41) is 22.7. The molecule has 2 aromatic carbocycles. The van der Waals surface area contributed by atoms with E-state index in [0.29, 0.717) is 37.1 Å². The molecule has 2 saturated heterocycles. The average molecular weight is 1160 g/mol. The van der Waals surface area contributed by atoms with Gasteiger partial charge >= 0.3 is 11.9 Å². The van der Waals surface area contributed by atoms with Crippen LogP contribution in [0.3, 0.4) is 0 Å². The molecule has 0 unspecified atom stereocenters. The Labute approximate surface area is 468 Å². The molecule has 28 heteroatoms. The smallest absolute Gasteiger partial charge is 0.390 e. The van der Waals surface area contributed by atoms with Gasteiger partial charge in [-0.2, -0.15) is 21.4 Å². The fraction of sp³-hybridized carbons (Fsp3) is 0.453. The first-order chi connectivity index (χ1) is 38.2. The first-order valence-corrected chi connectivity index (χ1v) is 29.6. The van der Waals surface area contributed by atoms with Gasteiger partial charge in [-0.3, -0.25) is 28.3 Å². The maximum absolute atomic E-state index is 14.1. The highest BCUT2D eigenvalue weighted by molar-refractivity contribution is 7.86. The molecule has 26 nitrogen and oxygen atoms in total. The number of amides is 4. The number of carbonyl (C=O) groups excluding carboxylic acids is 4. The zero-order valence-electron chi connectivity index (χ0n) is 45.4. The second-order valence-electron chi connectivity index (χ2n) is 21.3. The molecule has 4 aliphatic rings. The van der Waals surface area contributed by atoms with Crippen molar-refractivity contribution in [1.29, 1.82) is 0 Å². The van der Waals surface area contributed by atoms with Crippen LogP contribution in [0.15, 0.2) is 97.3 Å². The van der Waals surface area contributed by atoms with Gasteiger partial charge in [0.05, 0.1) is 16.9 Å². The van der Waals surface area contributed by atoms with E-state index in [1.54, 1.807) is 31.7 Å². The third-order valence-electron chi connectivity index (χ3n) is 15.2. The third-order valence-corrected chi connectivity index (χ3v) is 16.8. The Morgan fingerprint density at radius 1 is 0.642 bits per heavy atom. The molecule has 0 radical (unpaired) electrons. The van der Waals surface area contributed by atoms with E-state index < -0.39 is 64.3 Å². The van der Waals surface area contributed by atoms with E-state index in [0.717, 1.165) is 33.9 Å². The number of carbonyl (C=O) groups is 4. The second kappa shape index (κ2) is 24.0. The molecule has 2 fully saturated rings. The van der Waals surface area contributed by atoms with Gasteiger partial charge in [0.2, 0.25) is 5.69 Å². The lowest BCUT2D eigenvalue weighted by atomic mass is 9.80. The van der Waals surface area contributed by atoms with E-state index >= 15 is 0 Å². The minimum Gasteiger partial charge on any atom is -0.390 e. The number of nitro groups is 2. The predicted octanol–water partition coefficient (Wildman–Crippen LogP) is 4.37. The summed E-state index contributed by atoms with van der Waals surface area (Å²) in [6.07, 6.45) is 16.0. The number of aromatic nitrogens is 4. The zero-order chi connectivity index (χ0) is 58.6. The molecule has 0 saturated carbocycles. The van der Waals surface area contributed by atoms with Gasteiger partial charge in [0.1, 0.15) is 31.3 Å². The summed E-state index contributed by atoms with van der Waals surface area (Å²) in [6, 6.07) is 10.9. The summed E-state index contributed by atoms with van der Waals surface area (Å²) in [5.74, 6) is -2.82. The van der Waals surface area contributed by atoms with Gasteiger partial charge in [-0.1, -0.05) is 42.0 Å². The van der Waals surface area contributed by atoms with Gasteiger partial charge in [0.25, 0.3) is 43.9 Å². The fourth-order valence-corrected chi connectivity index (χ4v) is 12.1. The van der Waals surface area contributed by atoms with Crippen LogP contribution < -0.4 is 4.90 Å². The van der Waals surface area contributed by atoms with Crippen molar-refractivity contribution in [3.05, 3.63) is 140 Å². The van der Waals surface area contributed by atoms with Crippen LogP contribution in [0.4, 0.5) is 23.3 Å². The Hall–Kier alpha value is -7.95. The summed E-state index contributed by atoms with van der Waals surface area (Å²) in [4.78, 5) is 91.5. The van der Waals surface area contributed by atoms with Crippen LogP contribution in [-0.4, -0.2) is 185 Å².